The molecule has 1 aromatic rings. The Labute approximate surface area is 124 Å². The van der Waals surface area contributed by atoms with E-state index in [0.29, 0.717) is 36.4 Å². The molecule has 1 N–H and O–H groups in total. The number of hydrogen-bond donors (Lipinski definition) is 1. The topological polar surface area (TPSA) is 84.4 Å². The number of hydrazine groups is 1. The summed E-state index contributed by atoms with van der Waals surface area (Å²) >= 11 is 0. The van der Waals surface area contributed by atoms with Gasteiger partial charge < -0.3 is 4.74 Å². The number of carbonyl (C=O) groups is 2. The van der Waals surface area contributed by atoms with Crippen molar-refractivity contribution >= 4 is 11.9 Å². The summed E-state index contributed by atoms with van der Waals surface area (Å²) in [6.45, 7) is 7.92. The SMILES string of the molecule is C=C(CCN(C)NC(=O)c1ncncc1C)C(=O)OCC. The fraction of sp³-hybridized carbons (Fsp3) is 0.429. The van der Waals surface area contributed by atoms with E-state index in [2.05, 4.69) is 22.0 Å². The summed E-state index contributed by atoms with van der Waals surface area (Å²) in [5, 5.41) is 1.58. The van der Waals surface area contributed by atoms with Gasteiger partial charge in [-0.2, -0.15) is 0 Å². The summed E-state index contributed by atoms with van der Waals surface area (Å²) < 4.78 is 4.84. The molecule has 0 unspecified atom stereocenters. The van der Waals surface area contributed by atoms with Crippen LogP contribution >= 0.6 is 0 Å². The van der Waals surface area contributed by atoms with Gasteiger partial charge >= 0.3 is 5.97 Å². The van der Waals surface area contributed by atoms with Gasteiger partial charge in [0.25, 0.3) is 5.91 Å². The summed E-state index contributed by atoms with van der Waals surface area (Å²) in [5.74, 6) is -0.733. The Balaban J connectivity index is 2.45. The van der Waals surface area contributed by atoms with Crippen LogP contribution in [0.15, 0.2) is 24.7 Å². The van der Waals surface area contributed by atoms with Crippen LogP contribution in [0.5, 0.6) is 0 Å². The number of amides is 1. The molecular formula is C14H20N4O3. The minimum absolute atomic E-state index is 0.317. The van der Waals surface area contributed by atoms with Gasteiger partial charge in [0.05, 0.1) is 6.61 Å². The van der Waals surface area contributed by atoms with Crippen molar-refractivity contribution in [3.05, 3.63) is 35.9 Å². The van der Waals surface area contributed by atoms with Crippen molar-refractivity contribution in [2.45, 2.75) is 20.3 Å². The van der Waals surface area contributed by atoms with Crippen molar-refractivity contribution in [1.29, 1.82) is 0 Å². The van der Waals surface area contributed by atoms with Gasteiger partial charge in [-0.05, 0) is 25.8 Å². The highest BCUT2D eigenvalue weighted by atomic mass is 16.5. The van der Waals surface area contributed by atoms with Crippen LogP contribution in [0.2, 0.25) is 0 Å². The van der Waals surface area contributed by atoms with E-state index >= 15 is 0 Å². The number of hydrogen-bond acceptors (Lipinski definition) is 6. The Kier molecular flexibility index (Phi) is 6.48. The Morgan fingerprint density at radius 2 is 2.19 bits per heavy atom. The molecule has 1 aromatic heterocycles. The van der Waals surface area contributed by atoms with Crippen LogP contribution in [0.25, 0.3) is 0 Å². The van der Waals surface area contributed by atoms with E-state index in [4.69, 9.17) is 4.74 Å². The Bertz CT molecular complexity index is 531. The van der Waals surface area contributed by atoms with Crippen LogP contribution < -0.4 is 5.43 Å². The number of rotatable bonds is 7. The number of aryl methyl sites for hydroxylation is 1. The maximum atomic E-state index is 12.0. The summed E-state index contributed by atoms with van der Waals surface area (Å²) in [5.41, 5.74) is 4.06. The molecule has 0 radical (unpaired) electrons. The molecular weight excluding hydrogens is 272 g/mol. The molecule has 7 nitrogen and oxygen atoms in total. The molecule has 0 spiro atoms. The fourth-order valence-corrected chi connectivity index (χ4v) is 1.56. The molecule has 1 amide bonds. The minimum Gasteiger partial charge on any atom is -0.463 e. The number of aromatic nitrogens is 2. The predicted molar refractivity (Wildman–Crippen MR) is 77.3 cm³/mol. The van der Waals surface area contributed by atoms with Crippen molar-refractivity contribution in [2.75, 3.05) is 20.2 Å². The van der Waals surface area contributed by atoms with E-state index < -0.39 is 5.97 Å². The maximum absolute atomic E-state index is 12.0. The van der Waals surface area contributed by atoms with Crippen LogP contribution in [0, 0.1) is 6.92 Å². The van der Waals surface area contributed by atoms with Crippen LogP contribution in [0.1, 0.15) is 29.4 Å². The van der Waals surface area contributed by atoms with Crippen molar-refractivity contribution in [2.24, 2.45) is 0 Å². The lowest BCUT2D eigenvalue weighted by Gasteiger charge is -2.18. The average Bonchev–Trinajstić information content (AvgIpc) is 2.45. The zero-order chi connectivity index (χ0) is 15.8. The second kappa shape index (κ2) is 8.11. The molecule has 0 saturated carbocycles. The Morgan fingerprint density at radius 1 is 1.48 bits per heavy atom. The molecule has 0 fully saturated rings. The lowest BCUT2D eigenvalue weighted by Crippen LogP contribution is -2.40. The van der Waals surface area contributed by atoms with Gasteiger partial charge in [0.2, 0.25) is 0 Å². The molecule has 0 saturated heterocycles. The molecule has 0 atom stereocenters. The highest BCUT2D eigenvalue weighted by molar-refractivity contribution is 5.93. The molecule has 114 valence electrons. The zero-order valence-corrected chi connectivity index (χ0v) is 12.5. The van der Waals surface area contributed by atoms with Crippen molar-refractivity contribution in [3.8, 4) is 0 Å². The van der Waals surface area contributed by atoms with Gasteiger partial charge in [0.15, 0.2) is 0 Å². The molecule has 0 aliphatic carbocycles. The lowest BCUT2D eigenvalue weighted by molar-refractivity contribution is -0.138. The quantitative estimate of drug-likeness (QED) is 0.456. The minimum atomic E-state index is -0.413. The third kappa shape index (κ3) is 5.31. The summed E-state index contributed by atoms with van der Waals surface area (Å²) in [4.78, 5) is 31.2. The predicted octanol–water partition coefficient (Wildman–Crippen LogP) is 0.871. The van der Waals surface area contributed by atoms with E-state index in [0.717, 1.165) is 0 Å². The number of esters is 1. The smallest absolute Gasteiger partial charge is 0.333 e. The summed E-state index contributed by atoms with van der Waals surface area (Å²) in [6, 6.07) is 0. The molecule has 0 aliphatic rings. The molecule has 0 aromatic carbocycles. The van der Waals surface area contributed by atoms with E-state index in [1.165, 1.54) is 6.33 Å². The van der Waals surface area contributed by atoms with Gasteiger partial charge in [-0.15, -0.1) is 0 Å². The molecule has 1 rings (SSSR count). The molecule has 7 heteroatoms. The van der Waals surface area contributed by atoms with Crippen molar-refractivity contribution < 1.29 is 14.3 Å². The van der Waals surface area contributed by atoms with Crippen LogP contribution in [-0.4, -0.2) is 47.1 Å². The van der Waals surface area contributed by atoms with Crippen LogP contribution in [0.3, 0.4) is 0 Å². The fourth-order valence-electron chi connectivity index (χ4n) is 1.56. The number of ether oxygens (including phenoxy) is 1. The molecule has 1 heterocycles. The maximum Gasteiger partial charge on any atom is 0.333 e. The first kappa shape index (κ1) is 16.8. The van der Waals surface area contributed by atoms with E-state index in [1.54, 1.807) is 32.1 Å². The van der Waals surface area contributed by atoms with E-state index in [9.17, 15) is 9.59 Å². The molecule has 0 bridgehead atoms. The van der Waals surface area contributed by atoms with Gasteiger partial charge in [0, 0.05) is 25.4 Å². The van der Waals surface area contributed by atoms with Crippen molar-refractivity contribution in [1.82, 2.24) is 20.4 Å². The highest BCUT2D eigenvalue weighted by Gasteiger charge is 2.13. The van der Waals surface area contributed by atoms with Gasteiger partial charge in [-0.1, -0.05) is 6.58 Å². The van der Waals surface area contributed by atoms with Gasteiger partial charge in [0.1, 0.15) is 12.0 Å². The Hall–Kier alpha value is -2.28. The standard InChI is InChI=1S/C14H20N4O3/c1-5-21-14(20)10(2)6-7-18(4)17-13(19)12-11(3)8-15-9-16-12/h8-9H,2,5-7H2,1,3-4H3,(H,17,19). The van der Waals surface area contributed by atoms with Gasteiger partial charge in [-0.25, -0.2) is 19.8 Å². The second-order valence-corrected chi connectivity index (χ2v) is 4.49. The van der Waals surface area contributed by atoms with Gasteiger partial charge in [-0.3, -0.25) is 10.2 Å². The van der Waals surface area contributed by atoms with E-state index in [1.807, 2.05) is 0 Å². The second-order valence-electron chi connectivity index (χ2n) is 4.49. The number of nitrogens with zero attached hydrogens (tertiary/aromatic N) is 3. The highest BCUT2D eigenvalue weighted by Crippen LogP contribution is 2.03. The molecule has 0 aliphatic heterocycles. The molecule has 21 heavy (non-hydrogen) atoms. The first-order chi connectivity index (χ1) is 9.95. The Morgan fingerprint density at radius 3 is 2.81 bits per heavy atom. The summed E-state index contributed by atoms with van der Waals surface area (Å²) in [7, 11) is 1.70. The van der Waals surface area contributed by atoms with Crippen LogP contribution in [0.4, 0.5) is 0 Å². The monoisotopic (exact) mass is 292 g/mol. The average molecular weight is 292 g/mol. The number of carbonyl (C=O) groups excluding carboxylic acids is 2. The number of nitrogens with one attached hydrogen (secondary N) is 1. The van der Waals surface area contributed by atoms with Crippen molar-refractivity contribution in [3.63, 3.8) is 0 Å². The first-order valence-electron chi connectivity index (χ1n) is 6.59. The zero-order valence-electron chi connectivity index (χ0n) is 12.5. The lowest BCUT2D eigenvalue weighted by atomic mass is 10.2. The third-order valence-corrected chi connectivity index (χ3v) is 2.72. The van der Waals surface area contributed by atoms with E-state index in [-0.39, 0.29) is 5.91 Å². The largest absolute Gasteiger partial charge is 0.463 e. The normalized spacial score (nSPS) is 10.3. The van der Waals surface area contributed by atoms with Crippen LogP contribution in [-0.2, 0) is 9.53 Å². The summed E-state index contributed by atoms with van der Waals surface area (Å²) in [6.07, 6.45) is 3.30. The third-order valence-electron chi connectivity index (χ3n) is 2.72. The first-order valence-corrected chi connectivity index (χ1v) is 6.59.